The van der Waals surface area contributed by atoms with Gasteiger partial charge in [0, 0.05) is 36.0 Å². The van der Waals surface area contributed by atoms with Crippen molar-refractivity contribution in [2.24, 2.45) is 5.92 Å². The molecule has 1 unspecified atom stereocenters. The summed E-state index contributed by atoms with van der Waals surface area (Å²) in [6.45, 7) is 1.02. The Balaban J connectivity index is 1.08. The van der Waals surface area contributed by atoms with Crippen molar-refractivity contribution in [3.05, 3.63) is 58.9 Å². The van der Waals surface area contributed by atoms with Crippen molar-refractivity contribution >= 4 is 51.6 Å². The predicted molar refractivity (Wildman–Crippen MR) is 149 cm³/mol. The minimum Gasteiger partial charge on any atom is -0.497 e. The molecule has 2 saturated carbocycles. The highest BCUT2D eigenvalue weighted by Crippen LogP contribution is 2.49. The molecule has 39 heavy (non-hydrogen) atoms. The minimum absolute atomic E-state index is 0.0209. The van der Waals surface area contributed by atoms with Crippen molar-refractivity contribution in [2.45, 2.75) is 37.2 Å². The third-order valence-corrected chi connectivity index (χ3v) is 8.04. The molecule has 3 heterocycles. The van der Waals surface area contributed by atoms with Gasteiger partial charge in [-0.2, -0.15) is 5.10 Å². The molecule has 0 radical (unpaired) electrons. The van der Waals surface area contributed by atoms with Gasteiger partial charge in [0.15, 0.2) is 17.5 Å². The summed E-state index contributed by atoms with van der Waals surface area (Å²) in [5.41, 5.74) is 2.73. The van der Waals surface area contributed by atoms with Crippen LogP contribution in [0, 0.1) is 5.92 Å². The molecular weight excluding hydrogens is 518 g/mol. The maximum atomic E-state index is 12.8. The second-order valence-electron chi connectivity index (χ2n) is 10.6. The molecule has 1 aliphatic heterocycles. The molecular formula is C28H28ClN7O3. The molecule has 4 aromatic rings. The number of ether oxygens (including phenoxy) is 1. The highest BCUT2D eigenvalue weighted by molar-refractivity contribution is 6.35. The molecule has 3 fully saturated rings. The Morgan fingerprint density at radius 2 is 1.92 bits per heavy atom. The van der Waals surface area contributed by atoms with Gasteiger partial charge in [-0.1, -0.05) is 17.7 Å². The number of nitrogens with zero attached hydrogens (tertiary/aromatic N) is 4. The van der Waals surface area contributed by atoms with Crippen LogP contribution in [0.15, 0.2) is 42.5 Å². The second kappa shape index (κ2) is 9.39. The second-order valence-corrected chi connectivity index (χ2v) is 10.9. The van der Waals surface area contributed by atoms with Gasteiger partial charge in [0.2, 0.25) is 5.91 Å². The highest BCUT2D eigenvalue weighted by atomic mass is 35.5. The Kier molecular flexibility index (Phi) is 5.82. The van der Waals surface area contributed by atoms with E-state index in [0.29, 0.717) is 41.5 Å². The van der Waals surface area contributed by atoms with Gasteiger partial charge < -0.3 is 25.4 Å². The average Bonchev–Trinajstić information content (AvgIpc) is 3.86. The van der Waals surface area contributed by atoms with Gasteiger partial charge in [-0.3, -0.25) is 9.89 Å². The molecule has 10 nitrogen and oxygen atoms in total. The lowest BCUT2D eigenvalue weighted by molar-refractivity contribution is -0.117. The summed E-state index contributed by atoms with van der Waals surface area (Å²) in [5.74, 6) is 3.78. The number of aromatic amines is 1. The van der Waals surface area contributed by atoms with Crippen molar-refractivity contribution in [3.63, 3.8) is 0 Å². The molecule has 3 aliphatic rings. The number of rotatable bonds is 8. The van der Waals surface area contributed by atoms with Gasteiger partial charge in [0.25, 0.3) is 0 Å². The molecule has 4 N–H and O–H groups in total. The molecule has 2 aromatic heterocycles. The third kappa shape index (κ3) is 4.63. The van der Waals surface area contributed by atoms with Crippen LogP contribution in [0.25, 0.3) is 10.9 Å². The lowest BCUT2D eigenvalue weighted by Crippen LogP contribution is -2.51. The molecule has 2 aliphatic carbocycles. The maximum Gasteiger partial charge on any atom is 0.228 e. The van der Waals surface area contributed by atoms with Crippen molar-refractivity contribution in [2.75, 3.05) is 35.7 Å². The Morgan fingerprint density at radius 3 is 2.64 bits per heavy atom. The molecule has 2 atom stereocenters. The SMILES string of the molecule is COc1ccc(NC(=O)C2C[C@H]2c2ccc3c(Nc4nc(C5CC5)nc(N5CC(O)C5)c4Cl)n[nH]c3c2)cc1. The number of carbonyl (C=O) groups excluding carboxylic acids is 1. The summed E-state index contributed by atoms with van der Waals surface area (Å²) in [5, 5.41) is 25.0. The number of hydrogen-bond acceptors (Lipinski definition) is 8. The van der Waals surface area contributed by atoms with Crippen LogP contribution < -0.4 is 20.3 Å². The number of benzene rings is 2. The number of H-pyrrole nitrogens is 1. The van der Waals surface area contributed by atoms with E-state index in [1.165, 1.54) is 0 Å². The number of β-amino-alcohol motifs (C(OH)–C–C–N with tert-alkyl or cyclic N) is 1. The van der Waals surface area contributed by atoms with Crippen LogP contribution in [0.3, 0.4) is 0 Å². The first-order valence-corrected chi connectivity index (χ1v) is 13.5. The van der Waals surface area contributed by atoms with Gasteiger partial charge in [-0.05, 0) is 67.1 Å². The van der Waals surface area contributed by atoms with Crippen molar-refractivity contribution in [1.29, 1.82) is 0 Å². The monoisotopic (exact) mass is 545 g/mol. The fraction of sp³-hybridized carbons (Fsp3) is 0.357. The average molecular weight is 546 g/mol. The topological polar surface area (TPSA) is 128 Å². The number of hydrogen-bond donors (Lipinski definition) is 4. The fourth-order valence-corrected chi connectivity index (χ4v) is 5.39. The standard InChI is InChI=1S/C28H28ClN7O3/c1-39-18-7-5-16(6-8-18)30-28(38)21-11-20(21)15-4-9-19-22(10-15)34-35-25(19)32-26-23(29)27(36-12-17(37)13-36)33-24(31-26)14-2-3-14/h4-10,14,17,20-21,37H,2-3,11-13H2,1H3,(H,30,38)(H2,31,32,33,34,35)/t20-,21?/m0/s1. The van der Waals surface area contributed by atoms with Crippen LogP contribution in [0.5, 0.6) is 5.75 Å². The van der Waals surface area contributed by atoms with E-state index in [2.05, 4.69) is 33.0 Å². The lowest BCUT2D eigenvalue weighted by Gasteiger charge is -2.37. The highest BCUT2D eigenvalue weighted by Gasteiger charge is 2.44. The molecule has 11 heteroatoms. The first-order chi connectivity index (χ1) is 19.0. The fourth-order valence-electron chi connectivity index (χ4n) is 5.13. The smallest absolute Gasteiger partial charge is 0.228 e. The molecule has 0 bridgehead atoms. The van der Waals surface area contributed by atoms with Crippen LogP contribution in [0.4, 0.5) is 23.1 Å². The summed E-state index contributed by atoms with van der Waals surface area (Å²) in [6, 6.07) is 13.5. The van der Waals surface area contributed by atoms with Crippen LogP contribution >= 0.6 is 11.6 Å². The summed E-state index contributed by atoms with van der Waals surface area (Å²) in [4.78, 5) is 24.2. The van der Waals surface area contributed by atoms with Crippen molar-refractivity contribution in [3.8, 4) is 5.75 Å². The van der Waals surface area contributed by atoms with E-state index in [1.807, 2.05) is 35.2 Å². The van der Waals surface area contributed by atoms with E-state index in [9.17, 15) is 9.90 Å². The Hall–Kier alpha value is -3.89. The van der Waals surface area contributed by atoms with Gasteiger partial charge >= 0.3 is 0 Å². The van der Waals surface area contributed by atoms with Gasteiger partial charge in [0.1, 0.15) is 16.6 Å². The number of fused-ring (bicyclic) bond motifs is 1. The number of methoxy groups -OCH3 is 1. The van der Waals surface area contributed by atoms with E-state index in [0.717, 1.165) is 53.0 Å². The molecule has 200 valence electrons. The first-order valence-electron chi connectivity index (χ1n) is 13.2. The number of aliphatic hydroxyl groups excluding tert-OH is 1. The van der Waals surface area contributed by atoms with E-state index in [1.54, 1.807) is 7.11 Å². The molecule has 1 amide bonds. The number of carbonyl (C=O) groups is 1. The minimum atomic E-state index is -0.360. The van der Waals surface area contributed by atoms with E-state index < -0.39 is 0 Å². The normalized spacial score (nSPS) is 20.5. The molecule has 0 spiro atoms. The number of amides is 1. The summed E-state index contributed by atoms with van der Waals surface area (Å²) < 4.78 is 5.18. The van der Waals surface area contributed by atoms with Crippen molar-refractivity contribution < 1.29 is 14.6 Å². The Labute approximate surface area is 229 Å². The zero-order valence-corrected chi connectivity index (χ0v) is 22.1. The first kappa shape index (κ1) is 24.2. The quantitative estimate of drug-likeness (QED) is 0.254. The Morgan fingerprint density at radius 1 is 1.13 bits per heavy atom. The number of nitrogens with one attached hydrogen (secondary N) is 3. The zero-order valence-electron chi connectivity index (χ0n) is 21.3. The largest absolute Gasteiger partial charge is 0.497 e. The van der Waals surface area contributed by atoms with E-state index >= 15 is 0 Å². The number of halogens is 1. The summed E-state index contributed by atoms with van der Waals surface area (Å²) in [6.07, 6.45) is 2.58. The van der Waals surface area contributed by atoms with E-state index in [4.69, 9.17) is 26.3 Å². The molecule has 7 rings (SSSR count). The Bertz CT molecular complexity index is 1560. The zero-order chi connectivity index (χ0) is 26.7. The van der Waals surface area contributed by atoms with Gasteiger partial charge in [0.05, 0.1) is 18.7 Å². The molecule has 2 aromatic carbocycles. The summed E-state index contributed by atoms with van der Waals surface area (Å²) in [7, 11) is 1.62. The van der Waals surface area contributed by atoms with Crippen molar-refractivity contribution in [1.82, 2.24) is 20.2 Å². The van der Waals surface area contributed by atoms with Crippen LogP contribution in [-0.4, -0.2) is 57.5 Å². The number of aliphatic hydroxyl groups is 1. The molecule has 1 saturated heterocycles. The number of anilines is 4. The van der Waals surface area contributed by atoms with Gasteiger partial charge in [-0.15, -0.1) is 0 Å². The van der Waals surface area contributed by atoms with Crippen LogP contribution in [-0.2, 0) is 4.79 Å². The van der Waals surface area contributed by atoms with Gasteiger partial charge in [-0.25, -0.2) is 9.97 Å². The van der Waals surface area contributed by atoms with E-state index in [-0.39, 0.29) is 23.8 Å². The lowest BCUT2D eigenvalue weighted by atomic mass is 10.1. The summed E-state index contributed by atoms with van der Waals surface area (Å²) >= 11 is 6.73. The van der Waals surface area contributed by atoms with Crippen LogP contribution in [0.2, 0.25) is 5.02 Å². The third-order valence-electron chi connectivity index (χ3n) is 7.69. The van der Waals surface area contributed by atoms with Crippen LogP contribution in [0.1, 0.15) is 42.5 Å². The number of aromatic nitrogens is 4. The maximum absolute atomic E-state index is 12.8. The predicted octanol–water partition coefficient (Wildman–Crippen LogP) is 4.56.